The largest absolute Gasteiger partial charge is 0.339 e. The molecule has 3 nitrogen and oxygen atoms in total. The van der Waals surface area contributed by atoms with Crippen LogP contribution < -0.4 is 0 Å². The summed E-state index contributed by atoms with van der Waals surface area (Å²) in [7, 11) is 0. The first-order chi connectivity index (χ1) is 10.5. The molecule has 0 bridgehead atoms. The van der Waals surface area contributed by atoms with E-state index in [1.807, 2.05) is 23.1 Å². The zero-order valence-electron chi connectivity index (χ0n) is 13.3. The standard InChI is InChI=1S/C17H25ClN2OS/c1-13(2)8-16-11-20(17(21)12-22)7-6-19(16)10-14-4-3-5-15(18)9-14/h3-5,9,13,16,22H,6-8,10-12H2,1-2H3/t16-/m0/s1. The van der Waals surface area contributed by atoms with Crippen LogP contribution in [0.1, 0.15) is 25.8 Å². The van der Waals surface area contributed by atoms with Gasteiger partial charge in [0.15, 0.2) is 0 Å². The molecule has 0 saturated carbocycles. The van der Waals surface area contributed by atoms with Gasteiger partial charge in [0, 0.05) is 37.2 Å². The predicted molar refractivity (Wildman–Crippen MR) is 95.5 cm³/mol. The van der Waals surface area contributed by atoms with Crippen molar-refractivity contribution in [1.29, 1.82) is 0 Å². The van der Waals surface area contributed by atoms with Crippen LogP contribution in [0.5, 0.6) is 0 Å². The minimum Gasteiger partial charge on any atom is -0.339 e. The summed E-state index contributed by atoms with van der Waals surface area (Å²) < 4.78 is 0. The van der Waals surface area contributed by atoms with Gasteiger partial charge in [-0.25, -0.2) is 0 Å². The molecule has 0 N–H and O–H groups in total. The van der Waals surface area contributed by atoms with E-state index >= 15 is 0 Å². The molecular formula is C17H25ClN2OS. The molecule has 1 aliphatic heterocycles. The Kier molecular flexibility index (Phi) is 6.60. The van der Waals surface area contributed by atoms with E-state index in [1.54, 1.807) is 0 Å². The van der Waals surface area contributed by atoms with Crippen LogP contribution >= 0.6 is 24.2 Å². The van der Waals surface area contributed by atoms with Gasteiger partial charge in [0.25, 0.3) is 0 Å². The van der Waals surface area contributed by atoms with Crippen LogP contribution in [0.3, 0.4) is 0 Å². The molecule has 122 valence electrons. The molecule has 5 heteroatoms. The van der Waals surface area contributed by atoms with E-state index in [0.29, 0.717) is 17.7 Å². The van der Waals surface area contributed by atoms with Crippen LogP contribution in [0, 0.1) is 5.92 Å². The van der Waals surface area contributed by atoms with E-state index < -0.39 is 0 Å². The van der Waals surface area contributed by atoms with E-state index in [9.17, 15) is 4.79 Å². The van der Waals surface area contributed by atoms with Gasteiger partial charge in [0.1, 0.15) is 0 Å². The molecular weight excluding hydrogens is 316 g/mol. The molecule has 0 aromatic heterocycles. The van der Waals surface area contributed by atoms with Gasteiger partial charge in [0.05, 0.1) is 5.75 Å². The topological polar surface area (TPSA) is 23.6 Å². The third kappa shape index (κ3) is 4.90. The molecule has 0 spiro atoms. The summed E-state index contributed by atoms with van der Waals surface area (Å²) in [6, 6.07) is 8.44. The molecule has 1 aromatic rings. The first kappa shape index (κ1) is 17.6. The van der Waals surface area contributed by atoms with Crippen molar-refractivity contribution in [2.75, 3.05) is 25.4 Å². The normalized spacial score (nSPS) is 19.7. The van der Waals surface area contributed by atoms with Crippen molar-refractivity contribution in [2.24, 2.45) is 5.92 Å². The average Bonchev–Trinajstić information content (AvgIpc) is 2.47. The highest BCUT2D eigenvalue weighted by atomic mass is 35.5. The summed E-state index contributed by atoms with van der Waals surface area (Å²) in [6.07, 6.45) is 1.09. The Morgan fingerprint density at radius 1 is 1.41 bits per heavy atom. The Bertz CT molecular complexity index is 509. The van der Waals surface area contributed by atoms with Crippen LogP contribution in [-0.4, -0.2) is 47.1 Å². The second-order valence-electron chi connectivity index (χ2n) is 6.38. The molecule has 0 radical (unpaired) electrons. The number of amides is 1. The Labute approximate surface area is 144 Å². The van der Waals surface area contributed by atoms with Gasteiger partial charge in [-0.05, 0) is 30.0 Å². The summed E-state index contributed by atoms with van der Waals surface area (Å²) >= 11 is 10.2. The number of benzene rings is 1. The monoisotopic (exact) mass is 340 g/mol. The highest BCUT2D eigenvalue weighted by Gasteiger charge is 2.29. The molecule has 22 heavy (non-hydrogen) atoms. The molecule has 1 saturated heterocycles. The fourth-order valence-electron chi connectivity index (χ4n) is 3.07. The van der Waals surface area contributed by atoms with Crippen LogP contribution in [0.15, 0.2) is 24.3 Å². The number of thiol groups is 1. The van der Waals surface area contributed by atoms with E-state index in [2.05, 4.69) is 37.4 Å². The zero-order chi connectivity index (χ0) is 16.1. The summed E-state index contributed by atoms with van der Waals surface area (Å²) in [5, 5.41) is 0.779. The lowest BCUT2D eigenvalue weighted by molar-refractivity contribution is -0.131. The fraction of sp³-hybridized carbons (Fsp3) is 0.588. The lowest BCUT2D eigenvalue weighted by Crippen LogP contribution is -2.55. The molecule has 2 rings (SSSR count). The van der Waals surface area contributed by atoms with E-state index in [0.717, 1.165) is 37.6 Å². The molecule has 0 aliphatic carbocycles. The van der Waals surface area contributed by atoms with Gasteiger partial charge in [0.2, 0.25) is 5.91 Å². The Balaban J connectivity index is 2.06. The smallest absolute Gasteiger partial charge is 0.232 e. The minimum atomic E-state index is 0.138. The van der Waals surface area contributed by atoms with Crippen LogP contribution in [0.4, 0.5) is 0 Å². The Hall–Kier alpha value is -0.710. The third-order valence-electron chi connectivity index (χ3n) is 4.11. The van der Waals surface area contributed by atoms with Gasteiger partial charge < -0.3 is 4.90 Å². The van der Waals surface area contributed by atoms with Crippen LogP contribution in [0.2, 0.25) is 5.02 Å². The maximum Gasteiger partial charge on any atom is 0.232 e. The first-order valence-corrected chi connectivity index (χ1v) is 8.87. The van der Waals surface area contributed by atoms with Gasteiger partial charge in [-0.2, -0.15) is 12.6 Å². The van der Waals surface area contributed by atoms with Crippen molar-refractivity contribution in [2.45, 2.75) is 32.9 Å². The third-order valence-corrected chi connectivity index (χ3v) is 4.62. The summed E-state index contributed by atoms with van der Waals surface area (Å²) in [4.78, 5) is 16.4. The number of nitrogens with zero attached hydrogens (tertiary/aromatic N) is 2. The molecule has 0 unspecified atom stereocenters. The minimum absolute atomic E-state index is 0.138. The number of hydrogen-bond donors (Lipinski definition) is 1. The number of halogens is 1. The van der Waals surface area contributed by atoms with Gasteiger partial charge >= 0.3 is 0 Å². The SMILES string of the molecule is CC(C)C[C@H]1CN(C(=O)CS)CCN1Cc1cccc(Cl)c1. The summed E-state index contributed by atoms with van der Waals surface area (Å²) in [5.41, 5.74) is 1.23. The van der Waals surface area contributed by atoms with Crippen molar-refractivity contribution < 1.29 is 4.79 Å². The summed E-state index contributed by atoms with van der Waals surface area (Å²) in [5.74, 6) is 1.04. The van der Waals surface area contributed by atoms with Crippen molar-refractivity contribution >= 4 is 30.1 Å². The van der Waals surface area contributed by atoms with E-state index in [-0.39, 0.29) is 5.91 Å². The molecule has 1 atom stereocenters. The second kappa shape index (κ2) is 8.23. The number of hydrogen-bond acceptors (Lipinski definition) is 3. The van der Waals surface area contributed by atoms with Gasteiger partial charge in [-0.3, -0.25) is 9.69 Å². The van der Waals surface area contributed by atoms with Crippen LogP contribution in [0.25, 0.3) is 0 Å². The lowest BCUT2D eigenvalue weighted by Gasteiger charge is -2.42. The maximum atomic E-state index is 11.9. The Morgan fingerprint density at radius 3 is 2.82 bits per heavy atom. The highest BCUT2D eigenvalue weighted by molar-refractivity contribution is 7.81. The number of piperazine rings is 1. The fourth-order valence-corrected chi connectivity index (χ4v) is 3.48. The summed E-state index contributed by atoms with van der Waals surface area (Å²) in [6.45, 7) is 7.85. The molecule has 1 heterocycles. The molecule has 1 amide bonds. The lowest BCUT2D eigenvalue weighted by atomic mass is 9.99. The highest BCUT2D eigenvalue weighted by Crippen LogP contribution is 2.21. The first-order valence-electron chi connectivity index (χ1n) is 7.86. The second-order valence-corrected chi connectivity index (χ2v) is 7.13. The number of rotatable bonds is 5. The molecule has 1 aliphatic rings. The quantitative estimate of drug-likeness (QED) is 0.831. The number of carbonyl (C=O) groups excluding carboxylic acids is 1. The average molecular weight is 341 g/mol. The molecule has 1 aromatic carbocycles. The van der Waals surface area contributed by atoms with E-state index in [4.69, 9.17) is 11.6 Å². The molecule has 1 fully saturated rings. The zero-order valence-corrected chi connectivity index (χ0v) is 15.0. The maximum absolute atomic E-state index is 11.9. The van der Waals surface area contributed by atoms with Gasteiger partial charge in [-0.15, -0.1) is 0 Å². The van der Waals surface area contributed by atoms with Crippen molar-refractivity contribution in [3.8, 4) is 0 Å². The van der Waals surface area contributed by atoms with Crippen LogP contribution in [-0.2, 0) is 11.3 Å². The van der Waals surface area contributed by atoms with E-state index in [1.165, 1.54) is 5.56 Å². The van der Waals surface area contributed by atoms with Crippen molar-refractivity contribution in [1.82, 2.24) is 9.80 Å². The predicted octanol–water partition coefficient (Wildman–Crippen LogP) is 3.33. The van der Waals surface area contributed by atoms with Crippen molar-refractivity contribution in [3.63, 3.8) is 0 Å². The van der Waals surface area contributed by atoms with Crippen molar-refractivity contribution in [3.05, 3.63) is 34.9 Å². The van der Waals surface area contributed by atoms with Gasteiger partial charge in [-0.1, -0.05) is 37.6 Å². The Morgan fingerprint density at radius 2 is 2.18 bits per heavy atom. The number of carbonyl (C=O) groups is 1.